The minimum Gasteiger partial charge on any atom is -0.336 e. The highest BCUT2D eigenvalue weighted by atomic mass is 16.2. The van der Waals surface area contributed by atoms with Gasteiger partial charge >= 0.3 is 0 Å². The van der Waals surface area contributed by atoms with Crippen LogP contribution in [0.5, 0.6) is 0 Å². The molecule has 0 saturated carbocycles. The van der Waals surface area contributed by atoms with Crippen molar-refractivity contribution >= 4 is 29.0 Å². The summed E-state index contributed by atoms with van der Waals surface area (Å²) in [5.74, 6) is 1.86. The van der Waals surface area contributed by atoms with Gasteiger partial charge in [0.2, 0.25) is 5.95 Å². The standard InChI is InChI=1S/C19H20N10O/c1-13-11-16(25-24-13)22-17-15-3-2-6-29(15)26-19(23-17)28-9-7-27(8-10-28)18(30)14-12-20-4-5-21-14/h2-6,11-12H,7-10H2,1H3,(H2,22,23,24,25,26). The van der Waals surface area contributed by atoms with Crippen molar-refractivity contribution in [3.63, 3.8) is 0 Å². The largest absolute Gasteiger partial charge is 0.336 e. The number of nitrogens with one attached hydrogen (secondary N) is 2. The Labute approximate surface area is 171 Å². The number of anilines is 3. The Kier molecular flexibility index (Phi) is 4.46. The van der Waals surface area contributed by atoms with Crippen molar-refractivity contribution in [2.45, 2.75) is 6.92 Å². The van der Waals surface area contributed by atoms with Gasteiger partial charge in [-0.3, -0.25) is 14.9 Å². The quantitative estimate of drug-likeness (QED) is 0.522. The first kappa shape index (κ1) is 18.0. The molecule has 1 amide bonds. The molecule has 0 spiro atoms. The van der Waals surface area contributed by atoms with Crippen LogP contribution in [0, 0.1) is 6.92 Å². The Balaban J connectivity index is 1.35. The van der Waals surface area contributed by atoms with E-state index in [9.17, 15) is 4.79 Å². The Bertz CT molecular complexity index is 1180. The average Bonchev–Trinajstić information content (AvgIpc) is 3.43. The highest BCUT2D eigenvalue weighted by Gasteiger charge is 2.25. The first-order valence-corrected chi connectivity index (χ1v) is 9.62. The van der Waals surface area contributed by atoms with Gasteiger partial charge in [-0.1, -0.05) is 0 Å². The summed E-state index contributed by atoms with van der Waals surface area (Å²) in [6.07, 6.45) is 6.46. The minimum absolute atomic E-state index is 0.110. The van der Waals surface area contributed by atoms with Gasteiger partial charge in [0.15, 0.2) is 11.6 Å². The molecule has 11 nitrogen and oxygen atoms in total. The van der Waals surface area contributed by atoms with E-state index in [0.717, 1.165) is 11.2 Å². The van der Waals surface area contributed by atoms with E-state index in [1.165, 1.54) is 12.4 Å². The lowest BCUT2D eigenvalue weighted by Gasteiger charge is -2.34. The van der Waals surface area contributed by atoms with Gasteiger partial charge in [0.25, 0.3) is 5.91 Å². The van der Waals surface area contributed by atoms with Crippen molar-refractivity contribution < 1.29 is 4.79 Å². The van der Waals surface area contributed by atoms with Crippen LogP contribution in [0.15, 0.2) is 43.0 Å². The fraction of sp³-hybridized carbons (Fsp3) is 0.263. The number of carbonyl (C=O) groups excluding carboxylic acids is 1. The molecule has 30 heavy (non-hydrogen) atoms. The molecule has 11 heteroatoms. The second kappa shape index (κ2) is 7.43. The Hall–Kier alpha value is -4.02. The number of rotatable bonds is 4. The van der Waals surface area contributed by atoms with Crippen molar-refractivity contribution in [2.75, 3.05) is 36.4 Å². The van der Waals surface area contributed by atoms with Crippen LogP contribution in [0.1, 0.15) is 16.2 Å². The van der Waals surface area contributed by atoms with Crippen molar-refractivity contribution in [1.82, 2.24) is 39.7 Å². The number of aromatic amines is 1. The molecule has 0 aliphatic carbocycles. The van der Waals surface area contributed by atoms with Gasteiger partial charge in [0, 0.05) is 56.5 Å². The van der Waals surface area contributed by atoms with E-state index in [-0.39, 0.29) is 5.91 Å². The van der Waals surface area contributed by atoms with Crippen LogP contribution in [-0.4, -0.2) is 71.7 Å². The number of hydrogen-bond donors (Lipinski definition) is 2. The SMILES string of the molecule is Cc1cc(Nc2nc(N3CCN(C(=O)c4cnccn4)CC3)nn3cccc23)n[nH]1. The summed E-state index contributed by atoms with van der Waals surface area (Å²) in [6, 6.07) is 5.79. The van der Waals surface area contributed by atoms with E-state index in [0.29, 0.717) is 49.5 Å². The summed E-state index contributed by atoms with van der Waals surface area (Å²) in [6.45, 7) is 4.31. The molecule has 2 N–H and O–H groups in total. The van der Waals surface area contributed by atoms with Gasteiger partial charge in [-0.25, -0.2) is 9.50 Å². The summed E-state index contributed by atoms with van der Waals surface area (Å²) in [4.78, 5) is 29.2. The summed E-state index contributed by atoms with van der Waals surface area (Å²) < 4.78 is 1.79. The lowest BCUT2D eigenvalue weighted by molar-refractivity contribution is 0.0739. The Morgan fingerprint density at radius 3 is 2.80 bits per heavy atom. The smallest absolute Gasteiger partial charge is 0.274 e. The average molecular weight is 404 g/mol. The molecule has 4 aromatic rings. The van der Waals surface area contributed by atoms with E-state index in [2.05, 4.69) is 35.5 Å². The van der Waals surface area contributed by atoms with Gasteiger partial charge in [-0.05, 0) is 19.1 Å². The van der Waals surface area contributed by atoms with Gasteiger partial charge in [-0.2, -0.15) is 10.1 Å². The van der Waals surface area contributed by atoms with Gasteiger partial charge < -0.3 is 15.1 Å². The molecule has 0 radical (unpaired) electrons. The second-order valence-electron chi connectivity index (χ2n) is 7.03. The van der Waals surface area contributed by atoms with E-state index in [1.54, 1.807) is 15.6 Å². The van der Waals surface area contributed by atoms with Crippen LogP contribution in [0.3, 0.4) is 0 Å². The fourth-order valence-corrected chi connectivity index (χ4v) is 3.43. The summed E-state index contributed by atoms with van der Waals surface area (Å²) in [5.41, 5.74) is 2.18. The zero-order chi connectivity index (χ0) is 20.5. The van der Waals surface area contributed by atoms with Crippen LogP contribution in [0.25, 0.3) is 5.52 Å². The van der Waals surface area contributed by atoms with E-state index in [4.69, 9.17) is 4.98 Å². The van der Waals surface area contributed by atoms with Crippen LogP contribution < -0.4 is 10.2 Å². The molecular formula is C19H20N10O. The first-order chi connectivity index (χ1) is 14.7. The number of H-pyrrole nitrogens is 1. The third-order valence-electron chi connectivity index (χ3n) is 4.96. The monoisotopic (exact) mass is 404 g/mol. The number of fused-ring (bicyclic) bond motifs is 1. The number of aryl methyl sites for hydroxylation is 1. The molecule has 4 aromatic heterocycles. The van der Waals surface area contributed by atoms with Gasteiger partial charge in [-0.15, -0.1) is 5.10 Å². The minimum atomic E-state index is -0.110. The molecule has 0 atom stereocenters. The lowest BCUT2D eigenvalue weighted by atomic mass is 10.3. The van der Waals surface area contributed by atoms with E-state index < -0.39 is 0 Å². The van der Waals surface area contributed by atoms with Crippen molar-refractivity contribution in [3.8, 4) is 0 Å². The van der Waals surface area contributed by atoms with Gasteiger partial charge in [0.1, 0.15) is 11.2 Å². The van der Waals surface area contributed by atoms with Crippen molar-refractivity contribution in [2.24, 2.45) is 0 Å². The van der Waals surface area contributed by atoms with Crippen LogP contribution in [0.4, 0.5) is 17.6 Å². The predicted octanol–water partition coefficient (Wildman–Crippen LogP) is 1.26. The number of carbonyl (C=O) groups is 1. The maximum atomic E-state index is 12.6. The zero-order valence-corrected chi connectivity index (χ0v) is 16.4. The molecule has 1 saturated heterocycles. The predicted molar refractivity (Wildman–Crippen MR) is 110 cm³/mol. The molecule has 0 unspecified atom stereocenters. The lowest BCUT2D eigenvalue weighted by Crippen LogP contribution is -2.49. The molecular weight excluding hydrogens is 384 g/mol. The number of amides is 1. The molecule has 1 fully saturated rings. The molecule has 0 bridgehead atoms. The first-order valence-electron chi connectivity index (χ1n) is 9.62. The molecule has 5 heterocycles. The van der Waals surface area contributed by atoms with Crippen molar-refractivity contribution in [1.29, 1.82) is 0 Å². The van der Waals surface area contributed by atoms with Crippen molar-refractivity contribution in [3.05, 3.63) is 54.4 Å². The highest BCUT2D eigenvalue weighted by Crippen LogP contribution is 2.22. The van der Waals surface area contributed by atoms with Crippen LogP contribution in [0.2, 0.25) is 0 Å². The molecule has 0 aromatic carbocycles. The third-order valence-corrected chi connectivity index (χ3v) is 4.96. The Morgan fingerprint density at radius 1 is 1.20 bits per heavy atom. The van der Waals surface area contributed by atoms with Crippen LogP contribution >= 0.6 is 0 Å². The third kappa shape index (κ3) is 3.41. The summed E-state index contributed by atoms with van der Waals surface area (Å²) >= 11 is 0. The normalized spacial score (nSPS) is 14.3. The molecule has 152 valence electrons. The summed E-state index contributed by atoms with van der Waals surface area (Å²) in [7, 11) is 0. The number of piperazine rings is 1. The Morgan fingerprint density at radius 2 is 2.07 bits per heavy atom. The van der Waals surface area contributed by atoms with Crippen LogP contribution in [-0.2, 0) is 0 Å². The number of nitrogens with zero attached hydrogens (tertiary/aromatic N) is 8. The zero-order valence-electron chi connectivity index (χ0n) is 16.4. The summed E-state index contributed by atoms with van der Waals surface area (Å²) in [5, 5.41) is 15.0. The molecule has 5 rings (SSSR count). The van der Waals surface area contributed by atoms with E-state index in [1.807, 2.05) is 31.3 Å². The van der Waals surface area contributed by atoms with E-state index >= 15 is 0 Å². The highest BCUT2D eigenvalue weighted by molar-refractivity contribution is 5.92. The second-order valence-corrected chi connectivity index (χ2v) is 7.03. The fourth-order valence-electron chi connectivity index (χ4n) is 3.43. The van der Waals surface area contributed by atoms with Gasteiger partial charge in [0.05, 0.1) is 6.20 Å². The maximum absolute atomic E-state index is 12.6. The topological polar surface area (TPSA) is 120 Å². The maximum Gasteiger partial charge on any atom is 0.274 e. The number of aromatic nitrogens is 7. The molecule has 1 aliphatic rings. The molecule has 1 aliphatic heterocycles. The number of hydrogen-bond acceptors (Lipinski definition) is 8.